The van der Waals surface area contributed by atoms with Crippen LogP contribution in [0.5, 0.6) is 0 Å². The Morgan fingerprint density at radius 3 is 2.65 bits per heavy atom. The second kappa shape index (κ2) is 7.01. The fraction of sp³-hybridized carbons (Fsp3) is 0.933. The van der Waals surface area contributed by atoms with Crippen molar-refractivity contribution < 1.29 is 0 Å². The molecule has 2 unspecified atom stereocenters. The summed E-state index contributed by atoms with van der Waals surface area (Å²) in [5, 5.41) is 12.5. The molecular formula is C15H28N2. The van der Waals surface area contributed by atoms with Gasteiger partial charge in [-0.2, -0.15) is 5.26 Å². The highest BCUT2D eigenvalue weighted by Crippen LogP contribution is 2.29. The minimum absolute atomic E-state index is 0.138. The van der Waals surface area contributed by atoms with Gasteiger partial charge in [0.1, 0.15) is 0 Å². The molecule has 0 spiro atoms. The fourth-order valence-corrected chi connectivity index (χ4v) is 2.69. The third-order valence-corrected chi connectivity index (χ3v) is 3.94. The van der Waals surface area contributed by atoms with Crippen LogP contribution >= 0.6 is 0 Å². The van der Waals surface area contributed by atoms with E-state index in [1.165, 1.54) is 32.2 Å². The highest BCUT2D eigenvalue weighted by molar-refractivity contribution is 4.91. The van der Waals surface area contributed by atoms with Gasteiger partial charge in [-0.15, -0.1) is 0 Å². The maximum Gasteiger partial charge on any atom is 0.0683 e. The van der Waals surface area contributed by atoms with Gasteiger partial charge in [0.25, 0.3) is 0 Å². The molecule has 0 saturated heterocycles. The van der Waals surface area contributed by atoms with E-state index in [2.05, 4.69) is 18.3 Å². The van der Waals surface area contributed by atoms with E-state index >= 15 is 0 Å². The summed E-state index contributed by atoms with van der Waals surface area (Å²) in [4.78, 5) is 0. The molecule has 0 heterocycles. The molecule has 0 aromatic heterocycles. The smallest absolute Gasteiger partial charge is 0.0683 e. The van der Waals surface area contributed by atoms with Crippen molar-refractivity contribution in [3.8, 4) is 6.07 Å². The fourth-order valence-electron chi connectivity index (χ4n) is 2.69. The number of hydrogen-bond donors (Lipinski definition) is 1. The van der Waals surface area contributed by atoms with Crippen LogP contribution in [0.25, 0.3) is 0 Å². The molecule has 1 rings (SSSR count). The van der Waals surface area contributed by atoms with Crippen LogP contribution in [0, 0.1) is 28.6 Å². The molecule has 17 heavy (non-hydrogen) atoms. The highest BCUT2D eigenvalue weighted by Gasteiger charge is 2.20. The Hall–Kier alpha value is -0.550. The number of nitrogens with one attached hydrogen (secondary N) is 1. The number of nitrogens with zero attached hydrogens (tertiary/aromatic N) is 1. The van der Waals surface area contributed by atoms with Gasteiger partial charge >= 0.3 is 0 Å². The standard InChI is InChI=1S/C15H28N2/c1-13-6-7-14(10-13)11-17-9-5-4-8-15(2,3)12-16/h13-14,17H,4-11H2,1-3H3. The second-order valence-electron chi connectivity index (χ2n) is 6.44. The molecule has 1 N–H and O–H groups in total. The molecule has 1 saturated carbocycles. The molecular weight excluding hydrogens is 208 g/mol. The lowest BCUT2D eigenvalue weighted by Crippen LogP contribution is -2.22. The van der Waals surface area contributed by atoms with Crippen molar-refractivity contribution in [1.82, 2.24) is 5.32 Å². The Morgan fingerprint density at radius 2 is 2.06 bits per heavy atom. The molecule has 98 valence electrons. The first kappa shape index (κ1) is 14.5. The third-order valence-electron chi connectivity index (χ3n) is 3.94. The highest BCUT2D eigenvalue weighted by atomic mass is 14.9. The first-order valence-electron chi connectivity index (χ1n) is 7.15. The first-order chi connectivity index (χ1) is 8.03. The molecule has 2 nitrogen and oxygen atoms in total. The van der Waals surface area contributed by atoms with Crippen LogP contribution in [0.3, 0.4) is 0 Å². The van der Waals surface area contributed by atoms with Crippen LogP contribution in [-0.2, 0) is 0 Å². The van der Waals surface area contributed by atoms with E-state index in [-0.39, 0.29) is 5.41 Å². The van der Waals surface area contributed by atoms with Crippen molar-refractivity contribution >= 4 is 0 Å². The number of nitriles is 1. The van der Waals surface area contributed by atoms with E-state index in [1.807, 2.05) is 13.8 Å². The van der Waals surface area contributed by atoms with Crippen molar-refractivity contribution in [1.29, 1.82) is 5.26 Å². The molecule has 2 heteroatoms. The van der Waals surface area contributed by atoms with Crippen LogP contribution in [0.15, 0.2) is 0 Å². The van der Waals surface area contributed by atoms with Gasteiger partial charge in [-0.3, -0.25) is 0 Å². The second-order valence-corrected chi connectivity index (χ2v) is 6.44. The maximum atomic E-state index is 8.90. The Balaban J connectivity index is 1.93. The van der Waals surface area contributed by atoms with Crippen LogP contribution in [0.2, 0.25) is 0 Å². The summed E-state index contributed by atoms with van der Waals surface area (Å²) >= 11 is 0. The van der Waals surface area contributed by atoms with Crippen LogP contribution in [0.1, 0.15) is 59.3 Å². The van der Waals surface area contributed by atoms with Crippen molar-refractivity contribution in [3.05, 3.63) is 0 Å². The molecule has 0 radical (unpaired) electrons. The summed E-state index contributed by atoms with van der Waals surface area (Å²) in [5.41, 5.74) is -0.138. The summed E-state index contributed by atoms with van der Waals surface area (Å²) in [7, 11) is 0. The molecule has 0 aromatic carbocycles. The first-order valence-corrected chi connectivity index (χ1v) is 7.15. The topological polar surface area (TPSA) is 35.8 Å². The van der Waals surface area contributed by atoms with E-state index < -0.39 is 0 Å². The van der Waals surface area contributed by atoms with E-state index in [0.29, 0.717) is 0 Å². The van der Waals surface area contributed by atoms with Gasteiger partial charge in [0.05, 0.1) is 11.5 Å². The van der Waals surface area contributed by atoms with Gasteiger partial charge in [0, 0.05) is 0 Å². The Bertz CT molecular complexity index is 252. The zero-order valence-electron chi connectivity index (χ0n) is 11.8. The summed E-state index contributed by atoms with van der Waals surface area (Å²) < 4.78 is 0. The predicted octanol–water partition coefficient (Wildman–Crippen LogP) is 3.73. The predicted molar refractivity (Wildman–Crippen MR) is 72.6 cm³/mol. The molecule has 1 fully saturated rings. The average molecular weight is 236 g/mol. The molecule has 0 amide bonds. The van der Waals surface area contributed by atoms with Gasteiger partial charge in [0.2, 0.25) is 0 Å². The van der Waals surface area contributed by atoms with Gasteiger partial charge in [-0.05, 0) is 64.5 Å². The monoisotopic (exact) mass is 236 g/mol. The summed E-state index contributed by atoms with van der Waals surface area (Å²) in [6.07, 6.45) is 7.63. The van der Waals surface area contributed by atoms with E-state index in [0.717, 1.165) is 31.2 Å². The van der Waals surface area contributed by atoms with E-state index in [1.54, 1.807) is 0 Å². The Morgan fingerprint density at radius 1 is 1.29 bits per heavy atom. The number of hydrogen-bond acceptors (Lipinski definition) is 2. The number of rotatable bonds is 7. The molecule has 2 atom stereocenters. The lowest BCUT2D eigenvalue weighted by atomic mass is 9.89. The molecule has 1 aliphatic carbocycles. The molecule has 1 aliphatic rings. The Kier molecular flexibility index (Phi) is 5.98. The van der Waals surface area contributed by atoms with Gasteiger partial charge in [-0.1, -0.05) is 19.8 Å². The number of unbranched alkanes of at least 4 members (excludes halogenated alkanes) is 1. The quantitative estimate of drug-likeness (QED) is 0.684. The van der Waals surface area contributed by atoms with E-state index in [4.69, 9.17) is 5.26 Å². The lowest BCUT2D eigenvalue weighted by Gasteiger charge is -2.15. The van der Waals surface area contributed by atoms with Crippen LogP contribution in [0.4, 0.5) is 0 Å². The maximum absolute atomic E-state index is 8.90. The van der Waals surface area contributed by atoms with Crippen molar-refractivity contribution in [2.75, 3.05) is 13.1 Å². The van der Waals surface area contributed by atoms with Crippen molar-refractivity contribution in [3.63, 3.8) is 0 Å². The minimum atomic E-state index is -0.138. The summed E-state index contributed by atoms with van der Waals surface area (Å²) in [6, 6.07) is 2.36. The van der Waals surface area contributed by atoms with Gasteiger partial charge < -0.3 is 5.32 Å². The van der Waals surface area contributed by atoms with Gasteiger partial charge in [0.15, 0.2) is 0 Å². The summed E-state index contributed by atoms with van der Waals surface area (Å²) in [5.74, 6) is 1.86. The minimum Gasteiger partial charge on any atom is -0.316 e. The SMILES string of the molecule is CC1CCC(CNCCCCC(C)(C)C#N)C1. The lowest BCUT2D eigenvalue weighted by molar-refractivity contribution is 0.413. The molecule has 0 bridgehead atoms. The largest absolute Gasteiger partial charge is 0.316 e. The Labute approximate surface area is 107 Å². The van der Waals surface area contributed by atoms with Crippen LogP contribution < -0.4 is 5.32 Å². The zero-order chi connectivity index (χ0) is 12.7. The van der Waals surface area contributed by atoms with Crippen molar-refractivity contribution in [2.24, 2.45) is 17.3 Å². The normalized spacial score (nSPS) is 24.8. The summed E-state index contributed by atoms with van der Waals surface area (Å²) in [6.45, 7) is 8.74. The third kappa shape index (κ3) is 6.07. The molecule has 0 aliphatic heterocycles. The van der Waals surface area contributed by atoms with Gasteiger partial charge in [-0.25, -0.2) is 0 Å². The molecule has 0 aromatic rings. The van der Waals surface area contributed by atoms with Crippen LogP contribution in [-0.4, -0.2) is 13.1 Å². The zero-order valence-corrected chi connectivity index (χ0v) is 11.8. The van der Waals surface area contributed by atoms with Crippen molar-refractivity contribution in [2.45, 2.75) is 59.3 Å². The van der Waals surface area contributed by atoms with E-state index in [9.17, 15) is 0 Å². The average Bonchev–Trinajstić information content (AvgIpc) is 2.69.